The molecule has 4 heterocycles. The lowest BCUT2D eigenvalue weighted by atomic mass is 10.0. The van der Waals surface area contributed by atoms with Crippen LogP contribution < -0.4 is 19.1 Å². The zero-order valence-corrected chi connectivity index (χ0v) is 19.9. The normalized spacial score (nSPS) is 24.4. The molecule has 1 unspecified atom stereocenters. The summed E-state index contributed by atoms with van der Waals surface area (Å²) in [5.74, 6) is 2.15. The Morgan fingerprint density at radius 3 is 2.82 bits per heavy atom. The maximum absolute atomic E-state index is 14.3. The Kier molecular flexibility index (Phi) is 6.69. The molecule has 5 rings (SSSR count). The van der Waals surface area contributed by atoms with E-state index in [4.69, 9.17) is 14.2 Å². The summed E-state index contributed by atoms with van der Waals surface area (Å²) in [7, 11) is 1.38. The van der Waals surface area contributed by atoms with Gasteiger partial charge >= 0.3 is 0 Å². The fourth-order valence-electron chi connectivity index (χ4n) is 4.77. The summed E-state index contributed by atoms with van der Waals surface area (Å²) in [5.41, 5.74) is 1.38. The summed E-state index contributed by atoms with van der Waals surface area (Å²) >= 11 is -0.775. The summed E-state index contributed by atoms with van der Waals surface area (Å²) in [4.78, 5) is 20.7. The number of pyridine rings is 1. The lowest BCUT2D eigenvalue weighted by Crippen LogP contribution is -2.39. The molecule has 0 radical (unpaired) electrons. The number of nitrogens with zero attached hydrogens (tertiary/aromatic N) is 3. The Bertz CT molecular complexity index is 1050. The van der Waals surface area contributed by atoms with Crippen LogP contribution in [0.2, 0.25) is 0 Å². The van der Waals surface area contributed by atoms with E-state index in [1.807, 2.05) is 28.0 Å². The molecule has 2 saturated heterocycles. The molecule has 1 aromatic heterocycles. The van der Waals surface area contributed by atoms with Crippen LogP contribution in [0.15, 0.2) is 30.5 Å². The Balaban J connectivity index is 1.27. The molecule has 1 atom stereocenters. The first-order chi connectivity index (χ1) is 16.5. The largest absolute Gasteiger partial charge is 0.616 e. The average molecular weight is 490 g/mol. The van der Waals surface area contributed by atoms with Gasteiger partial charge in [0, 0.05) is 43.9 Å². The average Bonchev–Trinajstić information content (AvgIpc) is 3.32. The van der Waals surface area contributed by atoms with Crippen molar-refractivity contribution < 1.29 is 27.9 Å². The van der Waals surface area contributed by atoms with Gasteiger partial charge in [-0.25, -0.2) is 9.37 Å². The molecular formula is C24H28FN3O5S. The molecule has 10 heteroatoms. The van der Waals surface area contributed by atoms with Crippen molar-refractivity contribution in [3.05, 3.63) is 36.3 Å². The van der Waals surface area contributed by atoms with E-state index in [2.05, 4.69) is 4.98 Å². The summed E-state index contributed by atoms with van der Waals surface area (Å²) in [5, 5.41) is 0. The van der Waals surface area contributed by atoms with Gasteiger partial charge in [0.15, 0.2) is 5.82 Å². The SMILES string of the molecule is COc1ncc(N2CCOc3ccc(OC4CCN(C(=O)C5CC[S+]([O-])CC5)C4)cc32)cc1F. The van der Waals surface area contributed by atoms with Gasteiger partial charge in [-0.2, -0.15) is 0 Å². The maximum Gasteiger partial charge on any atom is 0.250 e. The molecule has 1 aromatic carbocycles. The smallest absolute Gasteiger partial charge is 0.250 e. The van der Waals surface area contributed by atoms with Crippen LogP contribution in [0.25, 0.3) is 0 Å². The van der Waals surface area contributed by atoms with E-state index in [0.717, 1.165) is 12.1 Å². The van der Waals surface area contributed by atoms with Gasteiger partial charge < -0.3 is 28.6 Å². The van der Waals surface area contributed by atoms with Crippen molar-refractivity contribution in [1.82, 2.24) is 9.88 Å². The molecule has 0 saturated carbocycles. The van der Waals surface area contributed by atoms with Crippen LogP contribution >= 0.6 is 0 Å². The zero-order chi connectivity index (χ0) is 23.7. The van der Waals surface area contributed by atoms with Crippen LogP contribution in [0.4, 0.5) is 15.8 Å². The molecule has 0 bridgehead atoms. The number of rotatable bonds is 5. The van der Waals surface area contributed by atoms with Crippen molar-refractivity contribution in [1.29, 1.82) is 0 Å². The highest BCUT2D eigenvalue weighted by Gasteiger charge is 2.35. The molecule has 0 spiro atoms. The Morgan fingerprint density at radius 1 is 1.24 bits per heavy atom. The second-order valence-corrected chi connectivity index (χ2v) is 10.4. The number of ether oxygens (including phenoxy) is 3. The van der Waals surface area contributed by atoms with E-state index in [-0.39, 0.29) is 23.8 Å². The van der Waals surface area contributed by atoms with E-state index in [1.165, 1.54) is 13.2 Å². The van der Waals surface area contributed by atoms with E-state index in [0.29, 0.717) is 67.8 Å². The van der Waals surface area contributed by atoms with Gasteiger partial charge in [0.25, 0.3) is 0 Å². The monoisotopic (exact) mass is 489 g/mol. The summed E-state index contributed by atoms with van der Waals surface area (Å²) in [6.07, 6.45) is 3.64. The van der Waals surface area contributed by atoms with Crippen LogP contribution in [-0.2, 0) is 16.0 Å². The second kappa shape index (κ2) is 9.87. The Hall–Kier alpha value is -2.72. The first-order valence-electron chi connectivity index (χ1n) is 11.6. The second-order valence-electron chi connectivity index (χ2n) is 8.75. The van der Waals surface area contributed by atoms with Crippen LogP contribution in [0, 0.1) is 11.7 Å². The van der Waals surface area contributed by atoms with Crippen LogP contribution in [0.1, 0.15) is 19.3 Å². The predicted molar refractivity (Wildman–Crippen MR) is 126 cm³/mol. The van der Waals surface area contributed by atoms with Crippen LogP contribution in [0.5, 0.6) is 17.4 Å². The highest BCUT2D eigenvalue weighted by Crippen LogP contribution is 2.40. The topological polar surface area (TPSA) is 87.2 Å². The van der Waals surface area contributed by atoms with Crippen LogP contribution in [0.3, 0.4) is 0 Å². The van der Waals surface area contributed by atoms with Gasteiger partial charge in [0.2, 0.25) is 11.8 Å². The first kappa shape index (κ1) is 23.0. The Labute approximate surface area is 201 Å². The fourth-order valence-corrected chi connectivity index (χ4v) is 6.07. The molecule has 3 aliphatic rings. The van der Waals surface area contributed by atoms with E-state index < -0.39 is 17.0 Å². The number of hydrogen-bond acceptors (Lipinski definition) is 7. The molecule has 2 fully saturated rings. The van der Waals surface area contributed by atoms with E-state index in [9.17, 15) is 13.7 Å². The third-order valence-corrected chi connectivity index (χ3v) is 7.97. The van der Waals surface area contributed by atoms with Crippen molar-refractivity contribution in [3.8, 4) is 17.4 Å². The number of aromatic nitrogens is 1. The van der Waals surface area contributed by atoms with E-state index in [1.54, 1.807) is 6.20 Å². The molecular weight excluding hydrogens is 461 g/mol. The molecule has 3 aliphatic heterocycles. The van der Waals surface area contributed by atoms with Gasteiger partial charge in [-0.15, -0.1) is 0 Å². The number of amides is 1. The number of anilines is 2. The maximum atomic E-state index is 14.3. The first-order valence-corrected chi connectivity index (χ1v) is 13.0. The molecule has 182 valence electrons. The Morgan fingerprint density at radius 2 is 2.06 bits per heavy atom. The predicted octanol–water partition coefficient (Wildman–Crippen LogP) is 2.90. The molecule has 8 nitrogen and oxygen atoms in total. The number of carbonyl (C=O) groups is 1. The van der Waals surface area contributed by atoms with Crippen molar-refractivity contribution >= 4 is 28.5 Å². The molecule has 1 amide bonds. The van der Waals surface area contributed by atoms with Gasteiger partial charge in [0.05, 0.1) is 37.8 Å². The van der Waals surface area contributed by atoms with Gasteiger partial charge in [-0.1, -0.05) is 11.2 Å². The standard InChI is InChI=1S/C24H28FN3O5S/c1-31-23-20(25)12-17(14-26-23)28-8-9-32-22-3-2-18(13-21(22)28)33-19-4-7-27(15-19)24(29)16-5-10-34(30)11-6-16/h2-3,12-14,16,19H,4-11,15H2,1H3. The number of benzene rings is 1. The lowest BCUT2D eigenvalue weighted by Gasteiger charge is -2.31. The van der Waals surface area contributed by atoms with E-state index >= 15 is 0 Å². The quantitative estimate of drug-likeness (QED) is 0.597. The van der Waals surface area contributed by atoms with Crippen molar-refractivity contribution in [2.45, 2.75) is 25.4 Å². The minimum absolute atomic E-state index is 0.0237. The number of methoxy groups -OCH3 is 1. The number of likely N-dealkylation sites (tertiary alicyclic amines) is 1. The van der Waals surface area contributed by atoms with Crippen molar-refractivity contribution in [2.24, 2.45) is 5.92 Å². The zero-order valence-electron chi connectivity index (χ0n) is 19.1. The number of halogens is 1. The van der Waals surface area contributed by atoms with Crippen molar-refractivity contribution in [2.75, 3.05) is 49.8 Å². The minimum atomic E-state index is -0.775. The molecule has 2 aromatic rings. The van der Waals surface area contributed by atoms with Crippen molar-refractivity contribution in [3.63, 3.8) is 0 Å². The highest BCUT2D eigenvalue weighted by molar-refractivity contribution is 7.91. The molecule has 0 aliphatic carbocycles. The number of carbonyl (C=O) groups excluding carboxylic acids is 1. The summed E-state index contributed by atoms with van der Waals surface area (Å²) in [6.45, 7) is 2.22. The number of fused-ring (bicyclic) bond motifs is 1. The highest BCUT2D eigenvalue weighted by atomic mass is 32.2. The third-order valence-electron chi connectivity index (χ3n) is 6.59. The minimum Gasteiger partial charge on any atom is -0.616 e. The van der Waals surface area contributed by atoms with Gasteiger partial charge in [-0.05, 0) is 12.1 Å². The van der Waals surface area contributed by atoms with Gasteiger partial charge in [-0.3, -0.25) is 4.79 Å². The molecule has 0 N–H and O–H groups in total. The fraction of sp³-hybridized carbons (Fsp3) is 0.500. The lowest BCUT2D eigenvalue weighted by molar-refractivity contribution is -0.135. The molecule has 34 heavy (non-hydrogen) atoms. The number of hydrogen-bond donors (Lipinski definition) is 0. The third kappa shape index (κ3) is 4.74. The summed E-state index contributed by atoms with van der Waals surface area (Å²) < 4.78 is 42.8. The van der Waals surface area contributed by atoms with Gasteiger partial charge in [0.1, 0.15) is 35.7 Å². The van der Waals surface area contributed by atoms with Crippen LogP contribution in [-0.4, -0.2) is 71.3 Å². The summed E-state index contributed by atoms with van der Waals surface area (Å²) in [6, 6.07) is 6.99.